The highest BCUT2D eigenvalue weighted by Crippen LogP contribution is 2.39. The van der Waals surface area contributed by atoms with E-state index in [1.165, 1.54) is 28.8 Å². The summed E-state index contributed by atoms with van der Waals surface area (Å²) in [7, 11) is -3.72. The number of hydrogen-bond donors (Lipinski definition) is 2. The molecule has 4 rings (SSSR count). The van der Waals surface area contributed by atoms with E-state index < -0.39 is 10.0 Å². The molecule has 1 saturated carbocycles. The van der Waals surface area contributed by atoms with E-state index in [4.69, 9.17) is 5.14 Å². The molecule has 8 nitrogen and oxygen atoms in total. The van der Waals surface area contributed by atoms with Gasteiger partial charge in [0.2, 0.25) is 15.9 Å². The van der Waals surface area contributed by atoms with Gasteiger partial charge >= 0.3 is 0 Å². The summed E-state index contributed by atoms with van der Waals surface area (Å²) in [6.45, 7) is 0.309. The molecule has 0 saturated heterocycles. The molecule has 0 spiro atoms. The highest BCUT2D eigenvalue weighted by molar-refractivity contribution is 7.99. The van der Waals surface area contributed by atoms with Crippen molar-refractivity contribution in [3.63, 3.8) is 0 Å². The van der Waals surface area contributed by atoms with Crippen LogP contribution in [0.25, 0.3) is 0 Å². The van der Waals surface area contributed by atoms with E-state index in [2.05, 4.69) is 31.5 Å². The Balaban J connectivity index is 1.32. The van der Waals surface area contributed by atoms with Crippen molar-refractivity contribution in [2.24, 2.45) is 5.14 Å². The van der Waals surface area contributed by atoms with Crippen LogP contribution in [-0.4, -0.2) is 34.8 Å². The maximum atomic E-state index is 12.3. The zero-order valence-corrected chi connectivity index (χ0v) is 18.5. The van der Waals surface area contributed by atoms with Gasteiger partial charge in [-0.2, -0.15) is 0 Å². The lowest BCUT2D eigenvalue weighted by molar-refractivity contribution is -0.118. The van der Waals surface area contributed by atoms with Crippen molar-refractivity contribution in [3.05, 3.63) is 58.0 Å². The Labute approximate surface area is 182 Å². The van der Waals surface area contributed by atoms with Crippen LogP contribution in [0.15, 0.2) is 51.8 Å². The topological polar surface area (TPSA) is 120 Å². The fourth-order valence-corrected chi connectivity index (χ4v) is 5.04. The molecule has 1 aliphatic rings. The second-order valence-electron chi connectivity index (χ2n) is 7.01. The quantitative estimate of drug-likeness (QED) is 0.470. The number of nitrogens with one attached hydrogen (secondary N) is 1. The SMILES string of the molecule is NS(=O)(=O)c1ccc(CNC(=O)CSc2nnc(Cc3cccs3)n2C2CC2)cc1. The summed E-state index contributed by atoms with van der Waals surface area (Å²) in [5, 5.41) is 19.4. The highest BCUT2D eigenvalue weighted by Gasteiger charge is 2.29. The maximum absolute atomic E-state index is 12.3. The lowest BCUT2D eigenvalue weighted by Gasteiger charge is -2.09. The van der Waals surface area contributed by atoms with E-state index >= 15 is 0 Å². The average molecular weight is 464 g/mol. The molecule has 3 aromatic rings. The van der Waals surface area contributed by atoms with E-state index in [0.717, 1.165) is 35.8 Å². The molecule has 0 radical (unpaired) electrons. The minimum atomic E-state index is -3.72. The summed E-state index contributed by atoms with van der Waals surface area (Å²) in [5.41, 5.74) is 0.792. The summed E-state index contributed by atoms with van der Waals surface area (Å²) in [6.07, 6.45) is 2.98. The molecule has 158 valence electrons. The summed E-state index contributed by atoms with van der Waals surface area (Å²) in [4.78, 5) is 13.6. The second-order valence-corrected chi connectivity index (χ2v) is 10.5. The molecule has 30 heavy (non-hydrogen) atoms. The van der Waals surface area contributed by atoms with Gasteiger partial charge in [0.25, 0.3) is 0 Å². The first-order valence-electron chi connectivity index (χ1n) is 9.37. The van der Waals surface area contributed by atoms with E-state index in [0.29, 0.717) is 12.6 Å². The van der Waals surface area contributed by atoms with Crippen molar-refractivity contribution in [2.75, 3.05) is 5.75 Å². The van der Waals surface area contributed by atoms with Gasteiger partial charge in [-0.3, -0.25) is 4.79 Å². The number of thioether (sulfide) groups is 1. The first kappa shape index (κ1) is 21.0. The lowest BCUT2D eigenvalue weighted by Crippen LogP contribution is -2.24. The number of hydrogen-bond acceptors (Lipinski definition) is 7. The van der Waals surface area contributed by atoms with Crippen LogP contribution >= 0.6 is 23.1 Å². The average Bonchev–Trinajstić information content (AvgIpc) is 3.27. The number of thiophene rings is 1. The van der Waals surface area contributed by atoms with Crippen LogP contribution in [0.5, 0.6) is 0 Å². The Bertz CT molecular complexity index is 1120. The van der Waals surface area contributed by atoms with Crippen molar-refractivity contribution < 1.29 is 13.2 Å². The zero-order chi connectivity index (χ0) is 21.1. The molecule has 0 bridgehead atoms. The molecular formula is C19H21N5O3S3. The normalized spacial score (nSPS) is 14.0. The van der Waals surface area contributed by atoms with Crippen molar-refractivity contribution >= 4 is 39.0 Å². The predicted molar refractivity (Wildman–Crippen MR) is 116 cm³/mol. The largest absolute Gasteiger partial charge is 0.351 e. The maximum Gasteiger partial charge on any atom is 0.238 e. The molecule has 1 amide bonds. The van der Waals surface area contributed by atoms with Crippen molar-refractivity contribution in [3.8, 4) is 0 Å². The molecule has 1 aromatic carbocycles. The molecule has 3 N–H and O–H groups in total. The Morgan fingerprint density at radius 3 is 2.63 bits per heavy atom. The zero-order valence-electron chi connectivity index (χ0n) is 16.0. The molecule has 2 heterocycles. The van der Waals surface area contributed by atoms with Crippen molar-refractivity contribution in [1.29, 1.82) is 0 Å². The molecule has 1 aliphatic carbocycles. The fraction of sp³-hybridized carbons (Fsp3) is 0.316. The van der Waals surface area contributed by atoms with Gasteiger partial charge in [-0.15, -0.1) is 21.5 Å². The number of rotatable bonds is 9. The number of nitrogens with zero attached hydrogens (tertiary/aromatic N) is 3. The van der Waals surface area contributed by atoms with Gasteiger partial charge in [0.1, 0.15) is 5.82 Å². The fourth-order valence-electron chi connectivity index (χ4n) is 2.97. The van der Waals surface area contributed by atoms with Gasteiger partial charge in [0, 0.05) is 23.9 Å². The standard InChI is InChI=1S/C19H21N5O3S3/c20-30(26,27)16-7-3-13(4-8-16)11-21-18(25)12-29-19-23-22-17(24(19)14-5-6-14)10-15-2-1-9-28-15/h1-4,7-9,14H,5-6,10-12H2,(H,21,25)(H2,20,26,27). The molecule has 0 unspecified atom stereocenters. The first-order valence-corrected chi connectivity index (χ1v) is 12.8. The Kier molecular flexibility index (Phi) is 6.23. The number of carbonyl (C=O) groups excluding carboxylic acids is 1. The number of sulfonamides is 1. The highest BCUT2D eigenvalue weighted by atomic mass is 32.2. The summed E-state index contributed by atoms with van der Waals surface area (Å²) in [5.74, 6) is 1.05. The van der Waals surface area contributed by atoms with Crippen LogP contribution < -0.4 is 10.5 Å². The number of nitrogens with two attached hydrogens (primary N) is 1. The summed E-state index contributed by atoms with van der Waals surface area (Å²) in [6, 6.07) is 10.7. The molecular weight excluding hydrogens is 442 g/mol. The Morgan fingerprint density at radius 2 is 2.00 bits per heavy atom. The van der Waals surface area contributed by atoms with Gasteiger partial charge in [-0.1, -0.05) is 30.0 Å². The molecule has 0 atom stereocenters. The number of amides is 1. The predicted octanol–water partition coefficient (Wildman–Crippen LogP) is 2.32. The van der Waals surface area contributed by atoms with Crippen molar-refractivity contribution in [2.45, 2.75) is 41.9 Å². The van der Waals surface area contributed by atoms with E-state index in [-0.39, 0.29) is 16.6 Å². The lowest BCUT2D eigenvalue weighted by atomic mass is 10.2. The first-order chi connectivity index (χ1) is 14.4. The molecule has 1 fully saturated rings. The number of primary sulfonamides is 1. The third kappa shape index (κ3) is 5.28. The van der Waals surface area contributed by atoms with Crippen LogP contribution in [0, 0.1) is 0 Å². The van der Waals surface area contributed by atoms with E-state index in [1.807, 2.05) is 6.07 Å². The van der Waals surface area contributed by atoms with Crippen LogP contribution in [-0.2, 0) is 27.8 Å². The van der Waals surface area contributed by atoms with Gasteiger partial charge in [-0.25, -0.2) is 13.6 Å². The summed E-state index contributed by atoms with van der Waals surface area (Å²) >= 11 is 3.08. The van der Waals surface area contributed by atoms with Crippen LogP contribution in [0.3, 0.4) is 0 Å². The minimum absolute atomic E-state index is 0.0471. The Hall–Kier alpha value is -2.21. The van der Waals surface area contributed by atoms with Gasteiger partial charge < -0.3 is 9.88 Å². The number of carbonyl (C=O) groups is 1. The van der Waals surface area contributed by atoms with Crippen molar-refractivity contribution in [1.82, 2.24) is 20.1 Å². The van der Waals surface area contributed by atoms with Crippen LogP contribution in [0.4, 0.5) is 0 Å². The third-order valence-corrected chi connectivity index (χ3v) is 7.38. The Morgan fingerprint density at radius 1 is 1.23 bits per heavy atom. The smallest absolute Gasteiger partial charge is 0.238 e. The van der Waals surface area contributed by atoms with Gasteiger partial charge in [-0.05, 0) is 42.0 Å². The third-order valence-electron chi connectivity index (χ3n) is 4.63. The molecule has 0 aliphatic heterocycles. The minimum Gasteiger partial charge on any atom is -0.351 e. The van der Waals surface area contributed by atoms with Crippen LogP contribution in [0.2, 0.25) is 0 Å². The van der Waals surface area contributed by atoms with E-state index in [9.17, 15) is 13.2 Å². The summed E-state index contributed by atoms with van der Waals surface area (Å²) < 4.78 is 24.8. The van der Waals surface area contributed by atoms with Crippen LogP contribution in [0.1, 0.15) is 35.1 Å². The monoisotopic (exact) mass is 463 g/mol. The molecule has 11 heteroatoms. The van der Waals surface area contributed by atoms with Gasteiger partial charge in [0.15, 0.2) is 5.16 Å². The number of aromatic nitrogens is 3. The molecule has 2 aromatic heterocycles. The second kappa shape index (κ2) is 8.88. The number of benzene rings is 1. The van der Waals surface area contributed by atoms with Gasteiger partial charge in [0.05, 0.1) is 10.6 Å². The van der Waals surface area contributed by atoms with E-state index in [1.54, 1.807) is 23.5 Å².